The monoisotopic (exact) mass is 522 g/mol. The van der Waals surface area contributed by atoms with Crippen LogP contribution >= 0.6 is 46.4 Å². The lowest BCUT2D eigenvalue weighted by atomic mass is 10.1. The number of benzene rings is 3. The Bertz CT molecular complexity index is 1390. The first-order valence-electron chi connectivity index (χ1n) is 9.33. The standard InChI is InChI=1S/C22H14Cl4N4O3/c1-33-14-8-10(6-7-13(14)31)9-27-30-22(32)16-15(17(23)19(25)20(26)18(16)24)21-28-11-4-2-3-5-12(11)29-21/h2-9,31H,1H3,(H,28,29)(H,30,32)/b27-9+. The number of aromatic amines is 1. The van der Waals surface area contributed by atoms with E-state index < -0.39 is 5.91 Å². The Kier molecular flexibility index (Phi) is 6.67. The molecule has 1 aromatic heterocycles. The SMILES string of the molecule is COc1cc(/C=N/NC(=O)c2c(Cl)c(Cl)c(Cl)c(Cl)c2-c2nc3ccccc3[nH]2)ccc1O. The van der Waals surface area contributed by atoms with Crippen molar-refractivity contribution in [2.45, 2.75) is 0 Å². The quantitative estimate of drug-likeness (QED) is 0.123. The Morgan fingerprint density at radius 1 is 1.09 bits per heavy atom. The maximum atomic E-state index is 13.1. The molecule has 0 aliphatic rings. The molecule has 7 nitrogen and oxygen atoms in total. The molecule has 0 saturated heterocycles. The van der Waals surface area contributed by atoms with Crippen LogP contribution in [-0.4, -0.2) is 34.3 Å². The number of carbonyl (C=O) groups is 1. The van der Waals surface area contributed by atoms with Gasteiger partial charge in [-0.25, -0.2) is 10.4 Å². The number of fused-ring (bicyclic) bond motifs is 1. The number of carbonyl (C=O) groups excluding carboxylic acids is 1. The van der Waals surface area contributed by atoms with E-state index in [4.69, 9.17) is 51.1 Å². The molecule has 0 aliphatic carbocycles. The third-order valence-electron chi connectivity index (χ3n) is 4.70. The van der Waals surface area contributed by atoms with Crippen molar-refractivity contribution >= 4 is 69.6 Å². The smallest absolute Gasteiger partial charge is 0.273 e. The molecular formula is C22H14Cl4N4O3. The molecule has 1 amide bonds. The van der Waals surface area contributed by atoms with E-state index in [0.717, 1.165) is 5.52 Å². The molecule has 11 heteroatoms. The minimum absolute atomic E-state index is 0.00460. The van der Waals surface area contributed by atoms with E-state index in [-0.39, 0.29) is 42.7 Å². The summed E-state index contributed by atoms with van der Waals surface area (Å²) in [6.45, 7) is 0. The van der Waals surface area contributed by atoms with Gasteiger partial charge in [0.2, 0.25) is 0 Å². The molecular weight excluding hydrogens is 510 g/mol. The lowest BCUT2D eigenvalue weighted by Gasteiger charge is -2.14. The molecule has 0 bridgehead atoms. The van der Waals surface area contributed by atoms with Crippen LogP contribution in [0.25, 0.3) is 22.4 Å². The molecule has 33 heavy (non-hydrogen) atoms. The molecule has 0 unspecified atom stereocenters. The molecule has 3 aromatic carbocycles. The molecule has 3 N–H and O–H groups in total. The van der Waals surface area contributed by atoms with E-state index in [0.29, 0.717) is 16.9 Å². The van der Waals surface area contributed by atoms with Crippen molar-refractivity contribution in [1.29, 1.82) is 0 Å². The Balaban J connectivity index is 1.74. The van der Waals surface area contributed by atoms with Gasteiger partial charge in [0.25, 0.3) is 5.91 Å². The molecule has 0 radical (unpaired) electrons. The van der Waals surface area contributed by atoms with Gasteiger partial charge in [-0.2, -0.15) is 5.10 Å². The summed E-state index contributed by atoms with van der Waals surface area (Å²) in [5.41, 5.74) is 4.51. The van der Waals surface area contributed by atoms with E-state index in [9.17, 15) is 9.90 Å². The third-order valence-corrected chi connectivity index (χ3v) is 6.51. The third kappa shape index (κ3) is 4.45. The summed E-state index contributed by atoms with van der Waals surface area (Å²) in [5, 5.41) is 13.5. The fourth-order valence-electron chi connectivity index (χ4n) is 3.13. The number of imidazole rings is 1. The number of para-hydroxylation sites is 2. The van der Waals surface area contributed by atoms with E-state index in [1.54, 1.807) is 18.2 Å². The van der Waals surface area contributed by atoms with Gasteiger partial charge in [-0.15, -0.1) is 0 Å². The van der Waals surface area contributed by atoms with Crippen LogP contribution in [0.3, 0.4) is 0 Å². The van der Waals surface area contributed by atoms with Crippen LogP contribution in [0.4, 0.5) is 0 Å². The van der Waals surface area contributed by atoms with Crippen molar-refractivity contribution < 1.29 is 14.6 Å². The van der Waals surface area contributed by atoms with E-state index >= 15 is 0 Å². The summed E-state index contributed by atoms with van der Waals surface area (Å²) in [6, 6.07) is 11.9. The van der Waals surface area contributed by atoms with E-state index in [1.807, 2.05) is 18.2 Å². The van der Waals surface area contributed by atoms with Crippen molar-refractivity contribution in [1.82, 2.24) is 15.4 Å². The molecule has 0 fully saturated rings. The molecule has 1 heterocycles. The number of methoxy groups -OCH3 is 1. The predicted molar refractivity (Wildman–Crippen MR) is 131 cm³/mol. The maximum Gasteiger partial charge on any atom is 0.273 e. The molecule has 0 aliphatic heterocycles. The van der Waals surface area contributed by atoms with Crippen LogP contribution in [0.15, 0.2) is 47.6 Å². The van der Waals surface area contributed by atoms with Crippen LogP contribution in [-0.2, 0) is 0 Å². The number of hydrogen-bond donors (Lipinski definition) is 3. The number of phenols is 1. The lowest BCUT2D eigenvalue weighted by molar-refractivity contribution is 0.0956. The molecule has 4 rings (SSSR count). The number of rotatable bonds is 5. The summed E-state index contributed by atoms with van der Waals surface area (Å²) in [7, 11) is 1.42. The second kappa shape index (κ2) is 9.49. The Morgan fingerprint density at radius 3 is 2.55 bits per heavy atom. The van der Waals surface area contributed by atoms with Gasteiger partial charge in [-0.1, -0.05) is 58.5 Å². The van der Waals surface area contributed by atoms with Crippen LogP contribution in [0.1, 0.15) is 15.9 Å². The second-order valence-corrected chi connectivity index (χ2v) is 8.25. The normalized spacial score (nSPS) is 11.3. The van der Waals surface area contributed by atoms with Crippen LogP contribution < -0.4 is 10.2 Å². The zero-order valence-corrected chi connectivity index (χ0v) is 19.8. The maximum absolute atomic E-state index is 13.1. The van der Waals surface area contributed by atoms with Crippen molar-refractivity contribution in [3.05, 3.63) is 73.7 Å². The number of nitrogens with zero attached hydrogens (tertiary/aromatic N) is 2. The molecule has 0 saturated carbocycles. The zero-order valence-electron chi connectivity index (χ0n) is 16.8. The first-order valence-corrected chi connectivity index (χ1v) is 10.8. The molecule has 4 aromatic rings. The Morgan fingerprint density at radius 2 is 1.82 bits per heavy atom. The highest BCUT2D eigenvalue weighted by Crippen LogP contribution is 2.45. The highest BCUT2D eigenvalue weighted by atomic mass is 35.5. The number of H-pyrrole nitrogens is 1. The average Bonchev–Trinajstić information content (AvgIpc) is 3.24. The number of aromatic hydroxyl groups is 1. The fraction of sp³-hybridized carbons (Fsp3) is 0.0455. The minimum atomic E-state index is -0.682. The van der Waals surface area contributed by atoms with Crippen molar-refractivity contribution in [2.75, 3.05) is 7.11 Å². The fourth-order valence-corrected chi connectivity index (χ4v) is 4.16. The highest BCUT2D eigenvalue weighted by molar-refractivity contribution is 6.54. The summed E-state index contributed by atoms with van der Waals surface area (Å²) < 4.78 is 5.06. The number of hydrazone groups is 1. The number of amides is 1. The predicted octanol–water partition coefficient (Wildman–Crippen LogP) is 6.32. The second-order valence-electron chi connectivity index (χ2n) is 6.74. The average molecular weight is 524 g/mol. The van der Waals surface area contributed by atoms with E-state index in [2.05, 4.69) is 20.5 Å². The van der Waals surface area contributed by atoms with Crippen molar-refractivity contribution in [2.24, 2.45) is 5.10 Å². The number of aromatic nitrogens is 2. The Hall–Kier alpha value is -2.97. The minimum Gasteiger partial charge on any atom is -0.504 e. The number of phenolic OH excluding ortho intramolecular Hbond substituents is 1. The van der Waals surface area contributed by atoms with Gasteiger partial charge in [0.1, 0.15) is 5.82 Å². The molecule has 0 atom stereocenters. The summed E-state index contributed by atoms with van der Waals surface area (Å²) in [6.07, 6.45) is 1.37. The van der Waals surface area contributed by atoms with Gasteiger partial charge in [0, 0.05) is 0 Å². The van der Waals surface area contributed by atoms with Crippen LogP contribution in [0, 0.1) is 0 Å². The first kappa shape index (κ1) is 23.2. The zero-order chi connectivity index (χ0) is 23.7. The van der Waals surface area contributed by atoms with Gasteiger partial charge in [-0.3, -0.25) is 4.79 Å². The van der Waals surface area contributed by atoms with Gasteiger partial charge < -0.3 is 14.8 Å². The van der Waals surface area contributed by atoms with Gasteiger partial charge in [0.15, 0.2) is 11.5 Å². The molecule has 168 valence electrons. The first-order chi connectivity index (χ1) is 15.8. The summed E-state index contributed by atoms with van der Waals surface area (Å²) in [5.74, 6) is -0.153. The van der Waals surface area contributed by atoms with Crippen LogP contribution in [0.5, 0.6) is 11.5 Å². The summed E-state index contributed by atoms with van der Waals surface area (Å²) in [4.78, 5) is 20.7. The number of hydrogen-bond acceptors (Lipinski definition) is 5. The lowest BCUT2D eigenvalue weighted by Crippen LogP contribution is -2.20. The topological polar surface area (TPSA) is 99.6 Å². The number of halogens is 4. The largest absolute Gasteiger partial charge is 0.504 e. The van der Waals surface area contributed by atoms with Crippen LogP contribution in [0.2, 0.25) is 20.1 Å². The highest BCUT2D eigenvalue weighted by Gasteiger charge is 2.27. The van der Waals surface area contributed by atoms with Crippen molar-refractivity contribution in [3.63, 3.8) is 0 Å². The van der Waals surface area contributed by atoms with Gasteiger partial charge in [-0.05, 0) is 35.9 Å². The van der Waals surface area contributed by atoms with E-state index in [1.165, 1.54) is 19.4 Å². The van der Waals surface area contributed by atoms with Crippen molar-refractivity contribution in [3.8, 4) is 22.9 Å². The number of nitrogens with one attached hydrogen (secondary N) is 2. The Labute approximate surface area is 207 Å². The number of ether oxygens (including phenoxy) is 1. The van der Waals surface area contributed by atoms with Gasteiger partial charge >= 0.3 is 0 Å². The summed E-state index contributed by atoms with van der Waals surface area (Å²) >= 11 is 25.3. The van der Waals surface area contributed by atoms with Gasteiger partial charge in [0.05, 0.1) is 55.6 Å². The molecule has 0 spiro atoms.